The highest BCUT2D eigenvalue weighted by Gasteiger charge is 2.28. The summed E-state index contributed by atoms with van der Waals surface area (Å²) in [5, 5.41) is 15.7. The predicted octanol–water partition coefficient (Wildman–Crippen LogP) is -3.26. The van der Waals surface area contributed by atoms with Crippen LogP contribution in [0.1, 0.15) is 25.5 Å². The second-order valence-electron chi connectivity index (χ2n) is 6.31. The SMILES string of the molecule is CC(N)C(=O)NC(Cc1cnc[nH]1)C(=O)NC(CCC(N)=O)C(=O)NCC(=O)O. The van der Waals surface area contributed by atoms with Gasteiger partial charge in [0.2, 0.25) is 23.6 Å². The van der Waals surface area contributed by atoms with Crippen LogP contribution in [0.4, 0.5) is 0 Å². The number of rotatable bonds is 12. The van der Waals surface area contributed by atoms with Gasteiger partial charge in [0.05, 0.1) is 12.4 Å². The molecule has 0 saturated heterocycles. The van der Waals surface area contributed by atoms with Crippen molar-refractivity contribution in [1.29, 1.82) is 0 Å². The lowest BCUT2D eigenvalue weighted by Crippen LogP contribution is -2.56. The highest BCUT2D eigenvalue weighted by Crippen LogP contribution is 2.03. The van der Waals surface area contributed by atoms with Gasteiger partial charge < -0.3 is 37.5 Å². The number of amides is 4. The summed E-state index contributed by atoms with van der Waals surface area (Å²) in [5.41, 5.74) is 11.1. The van der Waals surface area contributed by atoms with Crippen LogP contribution in [0.25, 0.3) is 0 Å². The van der Waals surface area contributed by atoms with Crippen molar-refractivity contribution in [3.63, 3.8) is 0 Å². The lowest BCUT2D eigenvalue weighted by molar-refractivity contribution is -0.138. The summed E-state index contributed by atoms with van der Waals surface area (Å²) >= 11 is 0. The molecule has 0 radical (unpaired) electrons. The fourth-order valence-electron chi connectivity index (χ4n) is 2.24. The van der Waals surface area contributed by atoms with Crippen molar-refractivity contribution < 1.29 is 29.1 Å². The normalized spacial score (nSPS) is 13.6. The summed E-state index contributed by atoms with van der Waals surface area (Å²) in [6.07, 6.45) is 2.52. The Bertz CT molecular complexity index is 734. The maximum Gasteiger partial charge on any atom is 0.322 e. The number of aliphatic carboxylic acids is 1. The zero-order valence-corrected chi connectivity index (χ0v) is 15.8. The number of carbonyl (C=O) groups excluding carboxylic acids is 4. The molecule has 0 bridgehead atoms. The van der Waals surface area contributed by atoms with Crippen LogP contribution in [0, 0.1) is 0 Å². The van der Waals surface area contributed by atoms with Crippen LogP contribution in [-0.4, -0.2) is 69.3 Å². The standard InChI is InChI=1S/C16H25N7O6/c1-8(17)14(27)23-11(4-9-5-19-7-21-9)16(29)22-10(2-3-12(18)24)15(28)20-6-13(25)26/h5,7-8,10-11H,2-4,6,17H2,1H3,(H2,18,24)(H,19,21)(H,20,28)(H,22,29)(H,23,27)(H,25,26). The van der Waals surface area contributed by atoms with E-state index in [0.29, 0.717) is 5.69 Å². The highest BCUT2D eigenvalue weighted by atomic mass is 16.4. The van der Waals surface area contributed by atoms with Crippen molar-refractivity contribution >= 4 is 29.6 Å². The molecule has 13 heteroatoms. The Hall–Kier alpha value is -3.48. The molecule has 1 aromatic heterocycles. The Balaban J connectivity index is 2.92. The number of primary amides is 1. The molecule has 13 nitrogen and oxygen atoms in total. The van der Waals surface area contributed by atoms with Gasteiger partial charge in [0.25, 0.3) is 0 Å². The number of H-pyrrole nitrogens is 1. The zero-order chi connectivity index (χ0) is 22.0. The third-order valence-electron chi connectivity index (χ3n) is 3.75. The van der Waals surface area contributed by atoms with E-state index < -0.39 is 54.3 Å². The number of nitrogens with two attached hydrogens (primary N) is 2. The Morgan fingerprint density at radius 2 is 1.79 bits per heavy atom. The zero-order valence-electron chi connectivity index (χ0n) is 15.8. The molecular formula is C16H25N7O6. The topological polar surface area (TPSA) is 222 Å². The molecule has 3 unspecified atom stereocenters. The van der Waals surface area contributed by atoms with Crippen LogP contribution in [0.3, 0.4) is 0 Å². The van der Waals surface area contributed by atoms with E-state index in [0.717, 1.165) is 0 Å². The lowest BCUT2D eigenvalue weighted by atomic mass is 10.1. The number of nitrogens with one attached hydrogen (secondary N) is 4. The Morgan fingerprint density at radius 3 is 2.31 bits per heavy atom. The summed E-state index contributed by atoms with van der Waals surface area (Å²) < 4.78 is 0. The predicted molar refractivity (Wildman–Crippen MR) is 98.9 cm³/mol. The number of hydrogen-bond acceptors (Lipinski definition) is 7. The van der Waals surface area contributed by atoms with E-state index in [2.05, 4.69) is 25.9 Å². The average Bonchev–Trinajstić information content (AvgIpc) is 3.15. The molecule has 0 saturated carbocycles. The minimum absolute atomic E-state index is 0.0313. The van der Waals surface area contributed by atoms with Crippen molar-refractivity contribution in [2.75, 3.05) is 6.54 Å². The van der Waals surface area contributed by atoms with Gasteiger partial charge in [-0.1, -0.05) is 0 Å². The number of aromatic amines is 1. The highest BCUT2D eigenvalue weighted by molar-refractivity contribution is 5.94. The van der Waals surface area contributed by atoms with Crippen LogP contribution >= 0.6 is 0 Å². The molecule has 4 amide bonds. The number of carbonyl (C=O) groups is 5. The van der Waals surface area contributed by atoms with Gasteiger partial charge >= 0.3 is 5.97 Å². The Kier molecular flexibility index (Phi) is 9.25. The molecule has 9 N–H and O–H groups in total. The van der Waals surface area contributed by atoms with Crippen LogP contribution in [0.2, 0.25) is 0 Å². The summed E-state index contributed by atoms with van der Waals surface area (Å²) in [5.74, 6) is -4.10. The first-order valence-corrected chi connectivity index (χ1v) is 8.71. The van der Waals surface area contributed by atoms with E-state index in [-0.39, 0.29) is 19.3 Å². The van der Waals surface area contributed by atoms with Gasteiger partial charge in [-0.15, -0.1) is 0 Å². The van der Waals surface area contributed by atoms with Gasteiger partial charge in [-0.2, -0.15) is 0 Å². The molecule has 29 heavy (non-hydrogen) atoms. The molecule has 1 aromatic rings. The minimum atomic E-state index is -1.28. The van der Waals surface area contributed by atoms with Crippen LogP contribution in [0.15, 0.2) is 12.5 Å². The molecule has 3 atom stereocenters. The van der Waals surface area contributed by atoms with Crippen molar-refractivity contribution in [3.05, 3.63) is 18.2 Å². The molecule has 1 rings (SSSR count). The molecular weight excluding hydrogens is 386 g/mol. The van der Waals surface area contributed by atoms with Gasteiger partial charge in [-0.3, -0.25) is 24.0 Å². The lowest BCUT2D eigenvalue weighted by Gasteiger charge is -2.23. The van der Waals surface area contributed by atoms with Gasteiger partial charge in [-0.05, 0) is 13.3 Å². The molecule has 160 valence electrons. The van der Waals surface area contributed by atoms with Crippen molar-refractivity contribution in [1.82, 2.24) is 25.9 Å². The summed E-state index contributed by atoms with van der Waals surface area (Å²) in [6, 6.07) is -3.21. The van der Waals surface area contributed by atoms with E-state index in [1.54, 1.807) is 0 Å². The monoisotopic (exact) mass is 411 g/mol. The quantitative estimate of drug-likeness (QED) is 0.184. The van der Waals surface area contributed by atoms with Crippen molar-refractivity contribution in [2.24, 2.45) is 11.5 Å². The van der Waals surface area contributed by atoms with E-state index in [1.165, 1.54) is 19.4 Å². The fourth-order valence-corrected chi connectivity index (χ4v) is 2.24. The van der Waals surface area contributed by atoms with E-state index in [1.807, 2.05) is 0 Å². The Morgan fingerprint density at radius 1 is 1.14 bits per heavy atom. The minimum Gasteiger partial charge on any atom is -0.480 e. The largest absolute Gasteiger partial charge is 0.480 e. The number of carboxylic acids is 1. The summed E-state index contributed by atoms with van der Waals surface area (Å²) in [4.78, 5) is 65.2. The van der Waals surface area contributed by atoms with Gasteiger partial charge in [0, 0.05) is 24.7 Å². The first-order valence-electron chi connectivity index (χ1n) is 8.71. The fraction of sp³-hybridized carbons (Fsp3) is 0.500. The van der Waals surface area contributed by atoms with E-state index in [4.69, 9.17) is 16.6 Å². The molecule has 0 aromatic carbocycles. The second-order valence-corrected chi connectivity index (χ2v) is 6.31. The maximum absolute atomic E-state index is 12.7. The van der Waals surface area contributed by atoms with Crippen LogP contribution in [0.5, 0.6) is 0 Å². The summed E-state index contributed by atoms with van der Waals surface area (Å²) in [7, 11) is 0. The molecule has 0 aliphatic heterocycles. The first-order chi connectivity index (χ1) is 13.6. The number of carboxylic acid groups (broad SMARTS) is 1. The number of imidazole rings is 1. The second kappa shape index (κ2) is 11.4. The molecule has 0 spiro atoms. The number of hydrogen-bond donors (Lipinski definition) is 7. The maximum atomic E-state index is 12.7. The van der Waals surface area contributed by atoms with E-state index in [9.17, 15) is 24.0 Å². The number of nitrogens with zero attached hydrogens (tertiary/aromatic N) is 1. The van der Waals surface area contributed by atoms with Gasteiger partial charge in [0.1, 0.15) is 18.6 Å². The number of aromatic nitrogens is 2. The first kappa shape index (κ1) is 23.6. The molecule has 1 heterocycles. The molecule has 0 aliphatic rings. The van der Waals surface area contributed by atoms with E-state index >= 15 is 0 Å². The molecule has 0 aliphatic carbocycles. The molecule has 0 fully saturated rings. The summed E-state index contributed by atoms with van der Waals surface area (Å²) in [6.45, 7) is 0.774. The van der Waals surface area contributed by atoms with Crippen LogP contribution in [-0.2, 0) is 30.4 Å². The smallest absolute Gasteiger partial charge is 0.322 e. The third-order valence-corrected chi connectivity index (χ3v) is 3.75. The van der Waals surface area contributed by atoms with Gasteiger partial charge in [0.15, 0.2) is 0 Å². The third kappa shape index (κ3) is 8.83. The van der Waals surface area contributed by atoms with Crippen molar-refractivity contribution in [2.45, 2.75) is 44.3 Å². The van der Waals surface area contributed by atoms with Crippen LogP contribution < -0.4 is 27.4 Å². The van der Waals surface area contributed by atoms with Crippen molar-refractivity contribution in [3.8, 4) is 0 Å². The van der Waals surface area contributed by atoms with Gasteiger partial charge in [-0.25, -0.2) is 4.98 Å². The average molecular weight is 411 g/mol. The Labute approximate surface area is 166 Å².